The SMILES string of the molecule is CCCC(C)NC(=O)Cn1ccc(C=O)c1. The van der Waals surface area contributed by atoms with E-state index in [0.29, 0.717) is 5.56 Å². The predicted octanol–water partition coefficient (Wildman–Crippen LogP) is 1.61. The number of nitrogens with zero attached hydrogens (tertiary/aromatic N) is 1. The van der Waals surface area contributed by atoms with Gasteiger partial charge in [-0.2, -0.15) is 0 Å². The van der Waals surface area contributed by atoms with Crippen LogP contribution < -0.4 is 5.32 Å². The number of carbonyl (C=O) groups excluding carboxylic acids is 2. The van der Waals surface area contributed by atoms with Gasteiger partial charge < -0.3 is 9.88 Å². The second kappa shape index (κ2) is 6.10. The fourth-order valence-electron chi connectivity index (χ4n) is 1.62. The number of aldehydes is 1. The van der Waals surface area contributed by atoms with Crippen LogP contribution in [-0.2, 0) is 11.3 Å². The van der Waals surface area contributed by atoms with E-state index in [1.807, 2.05) is 6.92 Å². The molecule has 1 aromatic rings. The Labute approximate surface area is 95.6 Å². The van der Waals surface area contributed by atoms with Crippen LogP contribution in [0.2, 0.25) is 0 Å². The molecule has 0 saturated heterocycles. The van der Waals surface area contributed by atoms with E-state index in [1.165, 1.54) is 0 Å². The van der Waals surface area contributed by atoms with Gasteiger partial charge in [0.2, 0.25) is 5.91 Å². The van der Waals surface area contributed by atoms with Gasteiger partial charge in [0.05, 0.1) is 0 Å². The van der Waals surface area contributed by atoms with Crippen LogP contribution in [0.4, 0.5) is 0 Å². The van der Waals surface area contributed by atoms with Crippen LogP contribution in [0.3, 0.4) is 0 Å². The van der Waals surface area contributed by atoms with Gasteiger partial charge in [-0.25, -0.2) is 0 Å². The summed E-state index contributed by atoms with van der Waals surface area (Å²) in [5.41, 5.74) is 0.592. The van der Waals surface area contributed by atoms with Gasteiger partial charge >= 0.3 is 0 Å². The molecule has 0 radical (unpaired) electrons. The van der Waals surface area contributed by atoms with E-state index in [9.17, 15) is 9.59 Å². The lowest BCUT2D eigenvalue weighted by Gasteiger charge is -2.12. The molecule has 0 aliphatic carbocycles. The average Bonchev–Trinajstić information content (AvgIpc) is 2.65. The minimum absolute atomic E-state index is 0.0194. The van der Waals surface area contributed by atoms with E-state index < -0.39 is 0 Å². The summed E-state index contributed by atoms with van der Waals surface area (Å²) in [6.07, 6.45) is 6.20. The molecule has 88 valence electrons. The molecule has 1 heterocycles. The van der Waals surface area contributed by atoms with Crippen molar-refractivity contribution in [1.29, 1.82) is 0 Å². The second-order valence-electron chi connectivity index (χ2n) is 3.99. The lowest BCUT2D eigenvalue weighted by molar-refractivity contribution is -0.122. The van der Waals surface area contributed by atoms with Crippen molar-refractivity contribution < 1.29 is 9.59 Å². The molecule has 1 N–H and O–H groups in total. The maximum Gasteiger partial charge on any atom is 0.240 e. The molecule has 0 aliphatic heterocycles. The molecule has 0 aromatic carbocycles. The molecule has 1 unspecified atom stereocenters. The summed E-state index contributed by atoms with van der Waals surface area (Å²) in [5.74, 6) is -0.0194. The van der Waals surface area contributed by atoms with Crippen molar-refractivity contribution in [2.45, 2.75) is 39.3 Å². The first-order valence-electron chi connectivity index (χ1n) is 5.56. The molecular formula is C12H18N2O2. The Morgan fingerprint density at radius 3 is 2.94 bits per heavy atom. The first kappa shape index (κ1) is 12.5. The van der Waals surface area contributed by atoms with Crippen LogP contribution in [0.1, 0.15) is 37.0 Å². The van der Waals surface area contributed by atoms with Crippen LogP contribution in [0.5, 0.6) is 0 Å². The first-order valence-corrected chi connectivity index (χ1v) is 5.56. The third-order valence-electron chi connectivity index (χ3n) is 2.36. The van der Waals surface area contributed by atoms with Gasteiger partial charge in [-0.1, -0.05) is 13.3 Å². The van der Waals surface area contributed by atoms with Crippen molar-refractivity contribution in [3.63, 3.8) is 0 Å². The quantitative estimate of drug-likeness (QED) is 0.743. The number of nitrogens with one attached hydrogen (secondary N) is 1. The minimum atomic E-state index is -0.0194. The summed E-state index contributed by atoms with van der Waals surface area (Å²) in [6, 6.07) is 1.90. The Hall–Kier alpha value is -1.58. The molecule has 0 fully saturated rings. The van der Waals surface area contributed by atoms with Gasteiger partial charge in [-0.05, 0) is 19.4 Å². The van der Waals surface area contributed by atoms with Crippen LogP contribution in [0.25, 0.3) is 0 Å². The summed E-state index contributed by atoms with van der Waals surface area (Å²) in [7, 11) is 0. The molecule has 1 amide bonds. The van der Waals surface area contributed by atoms with E-state index in [0.717, 1.165) is 19.1 Å². The normalized spacial score (nSPS) is 12.1. The third-order valence-corrected chi connectivity index (χ3v) is 2.36. The van der Waals surface area contributed by atoms with Crippen molar-refractivity contribution in [2.24, 2.45) is 0 Å². The van der Waals surface area contributed by atoms with Crippen molar-refractivity contribution in [3.8, 4) is 0 Å². The Kier molecular flexibility index (Phi) is 4.76. The number of hydrogen-bond acceptors (Lipinski definition) is 2. The van der Waals surface area contributed by atoms with Gasteiger partial charge in [0.25, 0.3) is 0 Å². The fourth-order valence-corrected chi connectivity index (χ4v) is 1.62. The zero-order valence-corrected chi connectivity index (χ0v) is 9.77. The number of aromatic nitrogens is 1. The Morgan fingerprint density at radius 1 is 1.62 bits per heavy atom. The number of rotatable bonds is 6. The molecule has 1 aromatic heterocycles. The summed E-state index contributed by atoms with van der Waals surface area (Å²) in [6.45, 7) is 4.35. The maximum absolute atomic E-state index is 11.6. The summed E-state index contributed by atoms with van der Waals surface area (Å²) in [5, 5.41) is 2.91. The van der Waals surface area contributed by atoms with Crippen molar-refractivity contribution in [1.82, 2.24) is 9.88 Å². The highest BCUT2D eigenvalue weighted by Gasteiger charge is 2.07. The van der Waals surface area contributed by atoms with E-state index in [4.69, 9.17) is 0 Å². The van der Waals surface area contributed by atoms with Crippen molar-refractivity contribution in [3.05, 3.63) is 24.0 Å². The minimum Gasteiger partial charge on any atom is -0.352 e. The van der Waals surface area contributed by atoms with Crippen LogP contribution in [0.15, 0.2) is 18.5 Å². The van der Waals surface area contributed by atoms with E-state index >= 15 is 0 Å². The number of carbonyl (C=O) groups is 2. The summed E-state index contributed by atoms with van der Waals surface area (Å²) in [4.78, 5) is 22.0. The highest BCUT2D eigenvalue weighted by molar-refractivity contribution is 5.77. The monoisotopic (exact) mass is 222 g/mol. The highest BCUT2D eigenvalue weighted by atomic mass is 16.2. The van der Waals surface area contributed by atoms with E-state index in [2.05, 4.69) is 12.2 Å². The van der Waals surface area contributed by atoms with Gasteiger partial charge in [0.1, 0.15) is 6.54 Å². The number of amides is 1. The highest BCUT2D eigenvalue weighted by Crippen LogP contribution is 1.99. The lowest BCUT2D eigenvalue weighted by Crippen LogP contribution is -2.34. The molecule has 0 aliphatic rings. The van der Waals surface area contributed by atoms with Gasteiger partial charge in [-0.15, -0.1) is 0 Å². The molecule has 4 nitrogen and oxygen atoms in total. The molecule has 1 rings (SSSR count). The third kappa shape index (κ3) is 3.88. The lowest BCUT2D eigenvalue weighted by atomic mass is 10.2. The van der Waals surface area contributed by atoms with Crippen LogP contribution in [0, 0.1) is 0 Å². The molecule has 0 spiro atoms. The Balaban J connectivity index is 2.42. The van der Waals surface area contributed by atoms with E-state index in [1.54, 1.807) is 23.0 Å². The van der Waals surface area contributed by atoms with Crippen molar-refractivity contribution >= 4 is 12.2 Å². The van der Waals surface area contributed by atoms with Crippen LogP contribution >= 0.6 is 0 Å². The zero-order chi connectivity index (χ0) is 12.0. The van der Waals surface area contributed by atoms with Crippen molar-refractivity contribution in [2.75, 3.05) is 0 Å². The standard InChI is InChI=1S/C12H18N2O2/c1-3-4-10(2)13-12(16)8-14-6-5-11(7-14)9-15/h5-7,9-10H,3-4,8H2,1-2H3,(H,13,16). The Morgan fingerprint density at radius 2 is 2.38 bits per heavy atom. The maximum atomic E-state index is 11.6. The van der Waals surface area contributed by atoms with Gasteiger partial charge in [0.15, 0.2) is 6.29 Å². The molecule has 16 heavy (non-hydrogen) atoms. The predicted molar refractivity (Wildman–Crippen MR) is 62.3 cm³/mol. The summed E-state index contributed by atoms with van der Waals surface area (Å²) < 4.78 is 1.71. The smallest absolute Gasteiger partial charge is 0.240 e. The fraction of sp³-hybridized carbons (Fsp3) is 0.500. The summed E-state index contributed by atoms with van der Waals surface area (Å²) >= 11 is 0. The van der Waals surface area contributed by atoms with Gasteiger partial charge in [0, 0.05) is 24.0 Å². The second-order valence-corrected chi connectivity index (χ2v) is 3.99. The molecule has 0 saturated carbocycles. The first-order chi connectivity index (χ1) is 7.65. The topological polar surface area (TPSA) is 51.1 Å². The average molecular weight is 222 g/mol. The molecule has 0 bridgehead atoms. The van der Waals surface area contributed by atoms with Gasteiger partial charge in [-0.3, -0.25) is 9.59 Å². The largest absolute Gasteiger partial charge is 0.352 e. The molecule has 1 atom stereocenters. The zero-order valence-electron chi connectivity index (χ0n) is 9.77. The Bertz CT molecular complexity index is 358. The van der Waals surface area contributed by atoms with E-state index in [-0.39, 0.29) is 18.5 Å². The van der Waals surface area contributed by atoms with Crippen LogP contribution in [-0.4, -0.2) is 22.8 Å². The number of hydrogen-bond donors (Lipinski definition) is 1. The molecule has 4 heteroatoms. The molecular weight excluding hydrogens is 204 g/mol.